The number of aromatic nitrogens is 4. The van der Waals surface area contributed by atoms with Crippen LogP contribution < -0.4 is 16.0 Å². The summed E-state index contributed by atoms with van der Waals surface area (Å²) in [6, 6.07) is 7.52. The fraction of sp³-hybridized carbons (Fsp3) is 0.526. The van der Waals surface area contributed by atoms with Gasteiger partial charge in [0.05, 0.1) is 37.2 Å². The lowest BCUT2D eigenvalue weighted by molar-refractivity contribution is -0.117. The van der Waals surface area contributed by atoms with E-state index in [2.05, 4.69) is 78.0 Å². The summed E-state index contributed by atoms with van der Waals surface area (Å²) < 4.78 is 9.84. The van der Waals surface area contributed by atoms with Gasteiger partial charge in [-0.25, -0.2) is 9.97 Å². The van der Waals surface area contributed by atoms with Crippen LogP contribution in [-0.2, 0) is 25.6 Å². The summed E-state index contributed by atoms with van der Waals surface area (Å²) in [5, 5.41) is 16.0. The van der Waals surface area contributed by atoms with Gasteiger partial charge in [0.25, 0.3) is 0 Å². The lowest BCUT2D eigenvalue weighted by Crippen LogP contribution is -2.30. The van der Waals surface area contributed by atoms with Crippen molar-refractivity contribution >= 4 is 29.2 Å². The molecule has 2 amide bonds. The van der Waals surface area contributed by atoms with Crippen LogP contribution in [0.5, 0.6) is 0 Å². The number of carbonyl (C=O) groups is 2. The maximum Gasteiger partial charge on any atom is 0.227 e. The molecule has 0 saturated carbocycles. The third-order valence-electron chi connectivity index (χ3n) is 8.04. The van der Waals surface area contributed by atoms with Crippen molar-refractivity contribution in [1.82, 2.24) is 35.3 Å². The van der Waals surface area contributed by atoms with Gasteiger partial charge in [-0.3, -0.25) is 19.7 Å². The smallest absolute Gasteiger partial charge is 0.227 e. The fourth-order valence-electron chi connectivity index (χ4n) is 5.22. The van der Waals surface area contributed by atoms with Gasteiger partial charge in [-0.15, -0.1) is 0 Å². The minimum Gasteiger partial charge on any atom is -0.385 e. The summed E-state index contributed by atoms with van der Waals surface area (Å²) in [5.74, 6) is 0.937. The van der Waals surface area contributed by atoms with Crippen molar-refractivity contribution in [2.75, 3.05) is 91.9 Å². The normalized spacial score (nSPS) is 12.2. The molecule has 0 atom stereocenters. The Balaban J connectivity index is 0.000000354. The number of methoxy groups -OCH3 is 2. The van der Waals surface area contributed by atoms with Gasteiger partial charge in [0.1, 0.15) is 11.6 Å². The molecule has 0 aliphatic carbocycles. The van der Waals surface area contributed by atoms with E-state index in [9.17, 15) is 9.59 Å². The van der Waals surface area contributed by atoms with Crippen LogP contribution >= 0.6 is 0 Å². The molecule has 0 spiro atoms. The number of pyridine rings is 2. The topological polar surface area (TPSA) is 162 Å². The summed E-state index contributed by atoms with van der Waals surface area (Å²) in [6.07, 6.45) is 11.4. The first kappa shape index (κ1) is 43.8. The summed E-state index contributed by atoms with van der Waals surface area (Å²) in [6.45, 7) is 8.57. The number of aromatic amines is 1. The molecule has 0 aromatic carbocycles. The van der Waals surface area contributed by atoms with E-state index in [-0.39, 0.29) is 19.2 Å². The van der Waals surface area contributed by atoms with Crippen LogP contribution in [0, 0.1) is 0 Å². The van der Waals surface area contributed by atoms with E-state index in [1.54, 1.807) is 32.7 Å². The number of nitrogens with one attached hydrogen (secondary N) is 4. The lowest BCUT2D eigenvalue weighted by Gasteiger charge is -2.18. The number of hydrogen-bond donors (Lipinski definition) is 4. The van der Waals surface area contributed by atoms with Crippen molar-refractivity contribution in [3.8, 4) is 11.3 Å². The third-order valence-corrected chi connectivity index (χ3v) is 8.04. The SMILES string of the molecule is C.CCCCN(C)Cc1cn[nH]c1-c1ccc(NC(=O)CCOC)nc1.CNCCN(C)CC1=CCN=C1c1ccc(NC(=O)CCCOC)nc1. The second-order valence-electron chi connectivity index (χ2n) is 12.4. The first-order chi connectivity index (χ1) is 24.8. The molecule has 0 fully saturated rings. The molecule has 3 aromatic heterocycles. The molecule has 4 N–H and O–H groups in total. The van der Waals surface area contributed by atoms with Crippen LogP contribution in [0.3, 0.4) is 0 Å². The highest BCUT2D eigenvalue weighted by Gasteiger charge is 2.17. The van der Waals surface area contributed by atoms with E-state index < -0.39 is 0 Å². The zero-order valence-corrected chi connectivity index (χ0v) is 31.1. The van der Waals surface area contributed by atoms with Gasteiger partial charge in [0.15, 0.2) is 0 Å². The van der Waals surface area contributed by atoms with Gasteiger partial charge in [0.2, 0.25) is 11.8 Å². The Morgan fingerprint density at radius 1 is 0.846 bits per heavy atom. The second-order valence-corrected chi connectivity index (χ2v) is 12.4. The van der Waals surface area contributed by atoms with Crippen molar-refractivity contribution in [1.29, 1.82) is 0 Å². The van der Waals surface area contributed by atoms with Gasteiger partial charge < -0.3 is 35.2 Å². The Kier molecular flexibility index (Phi) is 20.9. The third kappa shape index (κ3) is 15.5. The number of carbonyl (C=O) groups excluding carboxylic acids is 2. The number of H-pyrrole nitrogens is 1. The molecule has 14 nitrogen and oxygen atoms in total. The molecule has 14 heteroatoms. The van der Waals surface area contributed by atoms with Crippen LogP contribution in [-0.4, -0.2) is 129 Å². The summed E-state index contributed by atoms with van der Waals surface area (Å²) >= 11 is 0. The Morgan fingerprint density at radius 2 is 1.50 bits per heavy atom. The number of anilines is 2. The predicted molar refractivity (Wildman–Crippen MR) is 210 cm³/mol. The number of unbranched alkanes of at least 4 members (excludes halogenated alkanes) is 1. The molecule has 52 heavy (non-hydrogen) atoms. The first-order valence-corrected chi connectivity index (χ1v) is 17.6. The largest absolute Gasteiger partial charge is 0.385 e. The molecular weight excluding hydrogens is 660 g/mol. The maximum atomic E-state index is 11.8. The number of likely N-dealkylation sites (N-methyl/N-ethyl adjacent to an activating group) is 2. The lowest BCUT2D eigenvalue weighted by atomic mass is 10.0. The van der Waals surface area contributed by atoms with Gasteiger partial charge in [-0.2, -0.15) is 5.10 Å². The summed E-state index contributed by atoms with van der Waals surface area (Å²) in [7, 11) is 9.38. The Labute approximate surface area is 309 Å². The molecule has 1 aliphatic rings. The average Bonchev–Trinajstić information content (AvgIpc) is 3.79. The molecule has 4 heterocycles. The van der Waals surface area contributed by atoms with Gasteiger partial charge in [-0.1, -0.05) is 26.8 Å². The molecule has 4 rings (SSSR count). The molecular formula is C38H60N10O4. The Hall–Kier alpha value is -4.34. The van der Waals surface area contributed by atoms with Crippen molar-refractivity contribution in [2.24, 2.45) is 4.99 Å². The maximum absolute atomic E-state index is 11.8. The Bertz CT molecular complexity index is 1520. The van der Waals surface area contributed by atoms with E-state index in [0.717, 1.165) is 60.8 Å². The van der Waals surface area contributed by atoms with E-state index in [0.29, 0.717) is 50.7 Å². The van der Waals surface area contributed by atoms with E-state index in [1.807, 2.05) is 31.4 Å². The predicted octanol–water partition coefficient (Wildman–Crippen LogP) is 4.64. The van der Waals surface area contributed by atoms with E-state index >= 15 is 0 Å². The van der Waals surface area contributed by atoms with E-state index in [4.69, 9.17) is 9.47 Å². The molecule has 0 saturated heterocycles. The van der Waals surface area contributed by atoms with Crippen LogP contribution in [0.25, 0.3) is 11.3 Å². The summed E-state index contributed by atoms with van der Waals surface area (Å²) in [4.78, 5) is 41.4. The number of hydrogen-bond acceptors (Lipinski definition) is 11. The number of ether oxygens (including phenoxy) is 2. The van der Waals surface area contributed by atoms with Gasteiger partial charge in [-0.05, 0) is 70.4 Å². The van der Waals surface area contributed by atoms with Gasteiger partial charge in [0, 0.05) is 82.5 Å². The van der Waals surface area contributed by atoms with Crippen molar-refractivity contribution in [2.45, 2.75) is 53.0 Å². The zero-order valence-electron chi connectivity index (χ0n) is 31.1. The number of nitrogens with zero attached hydrogens (tertiary/aromatic N) is 6. The van der Waals surface area contributed by atoms with Crippen LogP contribution in [0.15, 0.2) is 59.5 Å². The average molecular weight is 721 g/mol. The minimum atomic E-state index is -0.109. The van der Waals surface area contributed by atoms with E-state index in [1.165, 1.54) is 18.4 Å². The number of amides is 2. The molecule has 0 bridgehead atoms. The Morgan fingerprint density at radius 3 is 2.12 bits per heavy atom. The van der Waals surface area contributed by atoms with Crippen molar-refractivity contribution in [3.05, 3.63) is 65.6 Å². The quantitative estimate of drug-likeness (QED) is 0.114. The monoisotopic (exact) mass is 720 g/mol. The zero-order chi connectivity index (χ0) is 36.8. The van der Waals surface area contributed by atoms with Crippen molar-refractivity contribution in [3.63, 3.8) is 0 Å². The molecule has 286 valence electrons. The minimum absolute atomic E-state index is 0. The number of rotatable bonds is 21. The van der Waals surface area contributed by atoms with Crippen molar-refractivity contribution < 1.29 is 19.1 Å². The number of aliphatic imine (C=N–C) groups is 1. The van der Waals surface area contributed by atoms with Crippen LogP contribution in [0.2, 0.25) is 0 Å². The highest BCUT2D eigenvalue weighted by Crippen LogP contribution is 2.23. The molecule has 1 aliphatic heterocycles. The van der Waals surface area contributed by atoms with Crippen LogP contribution in [0.4, 0.5) is 11.6 Å². The second kappa shape index (κ2) is 24.8. The highest BCUT2D eigenvalue weighted by molar-refractivity contribution is 6.14. The fourth-order valence-corrected chi connectivity index (χ4v) is 5.22. The standard InChI is InChI=1S/C19H29N5O2.C18H27N5O2.CH4/c1-20-10-11-24(2)14-16-8-9-21-19(16)15-6-7-17(22-13-15)23-18(25)5-4-12-26-3;1-4-5-9-23(2)13-15-12-20-22-18(15)14-6-7-16(19-11-14)21-17(24)8-10-25-3;/h6-8,13,20H,4-5,9-12,14H2,1-3H3,(H,22,23,25);6-7,11-12H,4-5,8-10,13H2,1-3H3,(H,20,22)(H,19,21,24);1H4. The molecule has 0 unspecified atom stereocenters. The highest BCUT2D eigenvalue weighted by atomic mass is 16.5. The summed E-state index contributed by atoms with van der Waals surface area (Å²) in [5.41, 5.74) is 6.25. The molecule has 0 radical (unpaired) electrons. The van der Waals surface area contributed by atoms with Gasteiger partial charge >= 0.3 is 0 Å². The first-order valence-electron chi connectivity index (χ1n) is 17.6. The molecule has 3 aromatic rings. The van der Waals surface area contributed by atoms with Crippen LogP contribution in [0.1, 0.15) is 57.6 Å².